The lowest BCUT2D eigenvalue weighted by Gasteiger charge is -2.24. The molecule has 210 valence electrons. The molecule has 4 aromatic rings. The summed E-state index contributed by atoms with van der Waals surface area (Å²) in [5.41, 5.74) is 4.29. The normalized spacial score (nSPS) is 14.8. The Kier molecular flexibility index (Phi) is 8.50. The van der Waals surface area contributed by atoms with Crippen molar-refractivity contribution in [3.05, 3.63) is 101 Å². The standard InChI is InChI=1S/C32H30ClN3O5/c1-3-40-29(37)19-35-18-22(24-12-8-9-13-27(24)35)16-26-32(39)36(20-30(38)41-4-2)28-15-14-23(33)17-25(28)31(34-26)21-10-6-5-7-11-21/h5-15,17-18,26H,3-4,16,19-20H2,1-2H3. The van der Waals surface area contributed by atoms with Gasteiger partial charge >= 0.3 is 11.9 Å². The SMILES string of the molecule is CCOC(=O)CN1C(=O)C(Cc2cn(CC(=O)OCC)c3ccccc23)N=C(c2ccccc2)c2cc(Cl)ccc21. The van der Waals surface area contributed by atoms with Crippen LogP contribution in [0.15, 0.2) is 84.0 Å². The largest absolute Gasteiger partial charge is 0.465 e. The number of benzene rings is 3. The number of halogens is 1. The Labute approximate surface area is 243 Å². The third kappa shape index (κ3) is 6.02. The van der Waals surface area contributed by atoms with Crippen LogP contribution in [0.4, 0.5) is 5.69 Å². The summed E-state index contributed by atoms with van der Waals surface area (Å²) < 4.78 is 12.2. The highest BCUT2D eigenvalue weighted by molar-refractivity contribution is 6.32. The topological polar surface area (TPSA) is 90.2 Å². The van der Waals surface area contributed by atoms with Gasteiger partial charge in [-0.25, -0.2) is 0 Å². The minimum atomic E-state index is -0.868. The van der Waals surface area contributed by atoms with Crippen LogP contribution in [0.1, 0.15) is 30.5 Å². The molecular weight excluding hydrogens is 542 g/mol. The van der Waals surface area contributed by atoms with E-state index in [1.165, 1.54) is 4.90 Å². The first kappa shape index (κ1) is 28.1. The zero-order valence-corrected chi connectivity index (χ0v) is 23.6. The van der Waals surface area contributed by atoms with Gasteiger partial charge in [-0.3, -0.25) is 24.3 Å². The fraction of sp³-hybridized carbons (Fsp3) is 0.250. The molecule has 0 saturated heterocycles. The van der Waals surface area contributed by atoms with E-state index in [-0.39, 0.29) is 38.0 Å². The van der Waals surface area contributed by atoms with Crippen LogP contribution < -0.4 is 4.90 Å². The van der Waals surface area contributed by atoms with E-state index in [2.05, 4.69) is 0 Å². The Bertz CT molecular complexity index is 1630. The third-order valence-electron chi connectivity index (χ3n) is 6.87. The summed E-state index contributed by atoms with van der Waals surface area (Å²) >= 11 is 6.43. The van der Waals surface area contributed by atoms with E-state index in [0.717, 1.165) is 22.0 Å². The molecule has 2 heterocycles. The summed E-state index contributed by atoms with van der Waals surface area (Å²) in [4.78, 5) is 45.7. The molecule has 1 aliphatic heterocycles. The number of esters is 2. The lowest BCUT2D eigenvalue weighted by atomic mass is 10.00. The Hall–Kier alpha value is -4.43. The molecule has 0 spiro atoms. The third-order valence-corrected chi connectivity index (χ3v) is 7.10. The number of hydrogen-bond donors (Lipinski definition) is 0. The Morgan fingerprint density at radius 3 is 2.32 bits per heavy atom. The first-order valence-electron chi connectivity index (χ1n) is 13.5. The van der Waals surface area contributed by atoms with Crippen molar-refractivity contribution in [3.8, 4) is 0 Å². The number of carbonyl (C=O) groups is 3. The van der Waals surface area contributed by atoms with Crippen LogP contribution in [0.2, 0.25) is 5.02 Å². The molecule has 0 bridgehead atoms. The lowest BCUT2D eigenvalue weighted by molar-refractivity contribution is -0.144. The number of aromatic nitrogens is 1. The number of anilines is 1. The van der Waals surface area contributed by atoms with E-state index in [0.29, 0.717) is 28.6 Å². The van der Waals surface area contributed by atoms with Crippen molar-refractivity contribution in [2.75, 3.05) is 24.7 Å². The van der Waals surface area contributed by atoms with E-state index in [1.54, 1.807) is 32.0 Å². The first-order chi connectivity index (χ1) is 19.9. The second-order valence-corrected chi connectivity index (χ2v) is 10.00. The molecule has 0 radical (unpaired) electrons. The van der Waals surface area contributed by atoms with Gasteiger partial charge in [0.2, 0.25) is 0 Å². The summed E-state index contributed by atoms with van der Waals surface area (Å²) in [7, 11) is 0. The van der Waals surface area contributed by atoms with Gasteiger partial charge < -0.3 is 14.0 Å². The van der Waals surface area contributed by atoms with Crippen LogP contribution in [0.3, 0.4) is 0 Å². The molecule has 41 heavy (non-hydrogen) atoms. The molecule has 9 heteroatoms. The molecule has 8 nitrogen and oxygen atoms in total. The van der Waals surface area contributed by atoms with Gasteiger partial charge in [0.15, 0.2) is 0 Å². The summed E-state index contributed by atoms with van der Waals surface area (Å²) in [5.74, 6) is -1.20. The monoisotopic (exact) mass is 571 g/mol. The maximum atomic E-state index is 14.2. The van der Waals surface area contributed by atoms with Crippen LogP contribution in [0.25, 0.3) is 10.9 Å². The predicted octanol–water partition coefficient (Wildman–Crippen LogP) is 5.22. The Morgan fingerprint density at radius 1 is 0.902 bits per heavy atom. The molecule has 1 unspecified atom stereocenters. The van der Waals surface area contributed by atoms with Crippen molar-refractivity contribution in [1.82, 2.24) is 4.57 Å². The van der Waals surface area contributed by atoms with Crippen molar-refractivity contribution in [2.24, 2.45) is 4.99 Å². The molecule has 1 aromatic heterocycles. The smallest absolute Gasteiger partial charge is 0.326 e. The molecule has 1 aliphatic rings. The lowest BCUT2D eigenvalue weighted by Crippen LogP contribution is -2.42. The molecule has 1 amide bonds. The fourth-order valence-electron chi connectivity index (χ4n) is 5.14. The maximum absolute atomic E-state index is 14.2. The molecule has 1 atom stereocenters. The molecule has 5 rings (SSSR count). The number of hydrogen-bond acceptors (Lipinski definition) is 6. The Balaban J connectivity index is 1.63. The van der Waals surface area contributed by atoms with Crippen LogP contribution in [-0.4, -0.2) is 53.9 Å². The van der Waals surface area contributed by atoms with Gasteiger partial charge in [0, 0.05) is 39.7 Å². The summed E-state index contributed by atoms with van der Waals surface area (Å²) in [6.45, 7) is 3.76. The number of aliphatic imine (C=N–C) groups is 1. The molecule has 0 N–H and O–H groups in total. The Morgan fingerprint density at radius 2 is 1.59 bits per heavy atom. The molecular formula is C32H30ClN3O5. The minimum Gasteiger partial charge on any atom is -0.465 e. The van der Waals surface area contributed by atoms with E-state index in [1.807, 2.05) is 65.4 Å². The van der Waals surface area contributed by atoms with Crippen molar-refractivity contribution in [3.63, 3.8) is 0 Å². The molecule has 0 fully saturated rings. The van der Waals surface area contributed by atoms with Gasteiger partial charge in [0.05, 0.1) is 24.6 Å². The molecule has 0 saturated carbocycles. The summed E-state index contributed by atoms with van der Waals surface area (Å²) in [6.07, 6.45) is 2.11. The van der Waals surface area contributed by atoms with Crippen LogP contribution in [0, 0.1) is 0 Å². The fourth-order valence-corrected chi connectivity index (χ4v) is 5.31. The van der Waals surface area contributed by atoms with Gasteiger partial charge in [0.1, 0.15) is 19.1 Å². The van der Waals surface area contributed by atoms with Crippen molar-refractivity contribution in [1.29, 1.82) is 0 Å². The minimum absolute atomic E-state index is 0.0461. The van der Waals surface area contributed by atoms with Crippen molar-refractivity contribution >= 4 is 51.7 Å². The van der Waals surface area contributed by atoms with Crippen molar-refractivity contribution in [2.45, 2.75) is 32.9 Å². The van der Waals surface area contributed by atoms with Crippen LogP contribution in [-0.2, 0) is 36.8 Å². The highest BCUT2D eigenvalue weighted by Crippen LogP contribution is 2.33. The molecule has 0 aliphatic carbocycles. The number of amides is 1. The maximum Gasteiger partial charge on any atom is 0.326 e. The average Bonchev–Trinajstić information content (AvgIpc) is 3.26. The van der Waals surface area contributed by atoms with E-state index in [4.69, 9.17) is 26.1 Å². The van der Waals surface area contributed by atoms with Crippen molar-refractivity contribution < 1.29 is 23.9 Å². The number of fused-ring (bicyclic) bond motifs is 2. The number of rotatable bonds is 9. The first-order valence-corrected chi connectivity index (χ1v) is 13.9. The number of para-hydroxylation sites is 1. The van der Waals surface area contributed by atoms with E-state index < -0.39 is 12.0 Å². The van der Waals surface area contributed by atoms with Gasteiger partial charge in [-0.15, -0.1) is 0 Å². The van der Waals surface area contributed by atoms with Gasteiger partial charge in [-0.2, -0.15) is 0 Å². The number of nitrogens with zero attached hydrogens (tertiary/aromatic N) is 3. The predicted molar refractivity (Wildman–Crippen MR) is 159 cm³/mol. The average molecular weight is 572 g/mol. The van der Waals surface area contributed by atoms with Crippen LogP contribution >= 0.6 is 11.6 Å². The highest BCUT2D eigenvalue weighted by Gasteiger charge is 2.34. The zero-order valence-electron chi connectivity index (χ0n) is 22.9. The van der Waals surface area contributed by atoms with Gasteiger partial charge in [-0.05, 0) is 43.7 Å². The quantitative estimate of drug-likeness (QED) is 0.257. The second-order valence-electron chi connectivity index (χ2n) is 9.56. The van der Waals surface area contributed by atoms with E-state index >= 15 is 0 Å². The highest BCUT2D eigenvalue weighted by atomic mass is 35.5. The summed E-state index contributed by atoms with van der Waals surface area (Å²) in [5, 5.41) is 1.39. The number of benzodiazepines with no additional fused rings is 1. The summed E-state index contributed by atoms with van der Waals surface area (Å²) in [6, 6.07) is 21.6. The second kappa shape index (κ2) is 12.4. The van der Waals surface area contributed by atoms with E-state index in [9.17, 15) is 14.4 Å². The zero-order chi connectivity index (χ0) is 28.9. The number of carbonyl (C=O) groups excluding carboxylic acids is 3. The number of ether oxygens (including phenoxy) is 2. The van der Waals surface area contributed by atoms with Gasteiger partial charge in [-0.1, -0.05) is 60.1 Å². The van der Waals surface area contributed by atoms with Crippen LogP contribution in [0.5, 0.6) is 0 Å². The molecule has 3 aromatic carbocycles. The van der Waals surface area contributed by atoms with Gasteiger partial charge in [0.25, 0.3) is 5.91 Å².